The van der Waals surface area contributed by atoms with Crippen LogP contribution in [0, 0.1) is 10.1 Å². The van der Waals surface area contributed by atoms with Crippen molar-refractivity contribution >= 4 is 17.7 Å². The predicted molar refractivity (Wildman–Crippen MR) is 103 cm³/mol. The smallest absolute Gasteiger partial charge is 0.283 e. The van der Waals surface area contributed by atoms with E-state index < -0.39 is 4.92 Å². The Morgan fingerprint density at radius 3 is 2.59 bits per heavy atom. The minimum atomic E-state index is -0.455. The zero-order chi connectivity index (χ0) is 20.2. The molecule has 9 heteroatoms. The molecule has 0 saturated carbocycles. The molecule has 148 valence electrons. The van der Waals surface area contributed by atoms with E-state index >= 15 is 0 Å². The van der Waals surface area contributed by atoms with E-state index in [1.54, 1.807) is 41.5 Å². The summed E-state index contributed by atoms with van der Waals surface area (Å²) in [5.41, 5.74) is 0.752. The van der Waals surface area contributed by atoms with E-state index in [9.17, 15) is 14.9 Å². The number of rotatable bonds is 5. The van der Waals surface area contributed by atoms with Gasteiger partial charge in [-0.05, 0) is 48.7 Å². The van der Waals surface area contributed by atoms with Gasteiger partial charge < -0.3 is 13.7 Å². The Hall–Kier alpha value is -3.75. The maximum atomic E-state index is 12.4. The van der Waals surface area contributed by atoms with Crippen LogP contribution in [0.1, 0.15) is 30.2 Å². The number of benzene rings is 1. The van der Waals surface area contributed by atoms with Crippen LogP contribution in [0.4, 0.5) is 5.69 Å². The van der Waals surface area contributed by atoms with Crippen LogP contribution in [0.25, 0.3) is 17.7 Å². The zero-order valence-electron chi connectivity index (χ0n) is 15.4. The first kappa shape index (κ1) is 18.6. The van der Waals surface area contributed by atoms with Crippen LogP contribution < -0.4 is 0 Å². The van der Waals surface area contributed by atoms with Crippen molar-refractivity contribution in [2.24, 2.45) is 0 Å². The number of amides is 1. The molecule has 1 aromatic carbocycles. The second-order valence-corrected chi connectivity index (χ2v) is 6.70. The van der Waals surface area contributed by atoms with Gasteiger partial charge in [0.1, 0.15) is 0 Å². The Bertz CT molecular complexity index is 1020. The lowest BCUT2D eigenvalue weighted by atomic mass is 9.97. The first-order chi connectivity index (χ1) is 14.1. The summed E-state index contributed by atoms with van der Waals surface area (Å²) in [6.45, 7) is 1.18. The highest BCUT2D eigenvalue weighted by molar-refractivity contribution is 5.91. The average Bonchev–Trinajstić information content (AvgIpc) is 3.44. The third-order valence-electron chi connectivity index (χ3n) is 4.85. The molecular weight excluding hydrogens is 376 g/mol. The van der Waals surface area contributed by atoms with Crippen molar-refractivity contribution in [1.29, 1.82) is 0 Å². The summed E-state index contributed by atoms with van der Waals surface area (Å²) in [5.74, 6) is 1.46. The van der Waals surface area contributed by atoms with Crippen LogP contribution in [0.15, 0.2) is 57.6 Å². The molecule has 3 heterocycles. The van der Waals surface area contributed by atoms with Gasteiger partial charge in [0.15, 0.2) is 5.76 Å². The third-order valence-corrected chi connectivity index (χ3v) is 4.85. The summed E-state index contributed by atoms with van der Waals surface area (Å²) in [6.07, 6.45) is 6.16. The fourth-order valence-electron chi connectivity index (χ4n) is 3.23. The van der Waals surface area contributed by atoms with Crippen LogP contribution in [-0.2, 0) is 4.79 Å². The predicted octanol–water partition coefficient (Wildman–Crippen LogP) is 3.66. The Labute approximate surface area is 165 Å². The van der Waals surface area contributed by atoms with Crippen LogP contribution in [0.3, 0.4) is 0 Å². The second-order valence-electron chi connectivity index (χ2n) is 6.70. The molecule has 1 aliphatic heterocycles. The van der Waals surface area contributed by atoms with Crippen molar-refractivity contribution in [3.05, 3.63) is 70.3 Å². The van der Waals surface area contributed by atoms with Crippen molar-refractivity contribution < 1.29 is 18.6 Å². The molecule has 1 amide bonds. The van der Waals surface area contributed by atoms with Crippen molar-refractivity contribution in [3.8, 4) is 11.7 Å². The standard InChI is InChI=1S/C20H18N4O5/c25-18(8-5-14-3-6-16(7-4-14)24(26)27)23-11-9-15(10-12-23)19-21-22-20(29-19)17-2-1-13-28-17/h1-8,13,15H,9-12H2/b8-5+. The number of aromatic nitrogens is 2. The van der Waals surface area contributed by atoms with E-state index in [2.05, 4.69) is 10.2 Å². The third kappa shape index (κ3) is 4.23. The van der Waals surface area contributed by atoms with Gasteiger partial charge in [-0.25, -0.2) is 0 Å². The lowest BCUT2D eigenvalue weighted by molar-refractivity contribution is -0.384. The Kier molecular flexibility index (Phi) is 5.19. The molecule has 0 spiro atoms. The van der Waals surface area contributed by atoms with Crippen molar-refractivity contribution in [1.82, 2.24) is 15.1 Å². The van der Waals surface area contributed by atoms with Gasteiger partial charge in [0.05, 0.1) is 11.2 Å². The fraction of sp³-hybridized carbons (Fsp3) is 0.250. The van der Waals surface area contributed by atoms with Gasteiger partial charge in [-0.3, -0.25) is 14.9 Å². The summed E-state index contributed by atoms with van der Waals surface area (Å²) >= 11 is 0. The zero-order valence-corrected chi connectivity index (χ0v) is 15.4. The summed E-state index contributed by atoms with van der Waals surface area (Å²) in [4.78, 5) is 24.4. The van der Waals surface area contributed by atoms with Gasteiger partial charge in [0.2, 0.25) is 11.8 Å². The van der Waals surface area contributed by atoms with E-state index in [1.165, 1.54) is 18.2 Å². The van der Waals surface area contributed by atoms with Crippen LogP contribution in [0.2, 0.25) is 0 Å². The second kappa shape index (κ2) is 8.09. The molecule has 0 unspecified atom stereocenters. The summed E-state index contributed by atoms with van der Waals surface area (Å²) in [7, 11) is 0. The van der Waals surface area contributed by atoms with Crippen LogP contribution in [-0.4, -0.2) is 39.0 Å². The monoisotopic (exact) mass is 394 g/mol. The van der Waals surface area contributed by atoms with Gasteiger partial charge in [0, 0.05) is 37.2 Å². The fourth-order valence-corrected chi connectivity index (χ4v) is 3.23. The molecule has 4 rings (SSSR count). The summed E-state index contributed by atoms with van der Waals surface area (Å²) in [5, 5.41) is 18.8. The number of likely N-dealkylation sites (tertiary alicyclic amines) is 1. The van der Waals surface area contributed by atoms with Gasteiger partial charge >= 0.3 is 0 Å². The Balaban J connectivity index is 1.32. The van der Waals surface area contributed by atoms with Crippen molar-refractivity contribution in [2.75, 3.05) is 13.1 Å². The number of nitrogens with zero attached hydrogens (tertiary/aromatic N) is 4. The first-order valence-corrected chi connectivity index (χ1v) is 9.19. The molecular formula is C20H18N4O5. The number of non-ortho nitro benzene ring substituents is 1. The highest BCUT2D eigenvalue weighted by atomic mass is 16.6. The van der Waals surface area contributed by atoms with Gasteiger partial charge in [-0.15, -0.1) is 10.2 Å². The molecule has 0 radical (unpaired) electrons. The minimum absolute atomic E-state index is 0.0202. The maximum absolute atomic E-state index is 12.4. The Morgan fingerprint density at radius 2 is 1.93 bits per heavy atom. The van der Waals surface area contributed by atoms with E-state index in [-0.39, 0.29) is 17.5 Å². The molecule has 2 aromatic heterocycles. The van der Waals surface area contributed by atoms with Gasteiger partial charge in [0.25, 0.3) is 11.6 Å². The highest BCUT2D eigenvalue weighted by Gasteiger charge is 2.27. The maximum Gasteiger partial charge on any atom is 0.283 e. The lowest BCUT2D eigenvalue weighted by Crippen LogP contribution is -2.36. The van der Waals surface area contributed by atoms with E-state index in [4.69, 9.17) is 8.83 Å². The van der Waals surface area contributed by atoms with Crippen LogP contribution >= 0.6 is 0 Å². The molecule has 3 aromatic rings. The van der Waals surface area contributed by atoms with E-state index in [1.807, 2.05) is 0 Å². The largest absolute Gasteiger partial charge is 0.459 e. The molecule has 0 atom stereocenters. The van der Waals surface area contributed by atoms with Crippen molar-refractivity contribution in [2.45, 2.75) is 18.8 Å². The topological polar surface area (TPSA) is 116 Å². The van der Waals surface area contributed by atoms with E-state index in [0.717, 1.165) is 18.4 Å². The summed E-state index contributed by atoms with van der Waals surface area (Å²) < 4.78 is 11.0. The number of furan rings is 1. The van der Waals surface area contributed by atoms with Crippen LogP contribution in [0.5, 0.6) is 0 Å². The number of carbonyl (C=O) groups is 1. The average molecular weight is 394 g/mol. The molecule has 0 bridgehead atoms. The van der Waals surface area contributed by atoms with Gasteiger partial charge in [-0.2, -0.15) is 0 Å². The number of piperidine rings is 1. The molecule has 0 aliphatic carbocycles. The highest BCUT2D eigenvalue weighted by Crippen LogP contribution is 2.29. The SMILES string of the molecule is O=C(/C=C/c1ccc([N+](=O)[O-])cc1)N1CCC(c2nnc(-c3ccco3)o2)CC1. The molecule has 1 saturated heterocycles. The number of nitro benzene ring substituents is 1. The molecule has 1 aliphatic rings. The minimum Gasteiger partial charge on any atom is -0.459 e. The van der Waals surface area contributed by atoms with Crippen molar-refractivity contribution in [3.63, 3.8) is 0 Å². The molecule has 0 N–H and O–H groups in total. The van der Waals surface area contributed by atoms with Gasteiger partial charge in [-0.1, -0.05) is 0 Å². The molecule has 29 heavy (non-hydrogen) atoms. The lowest BCUT2D eigenvalue weighted by Gasteiger charge is -2.29. The normalized spacial score (nSPS) is 15.1. The number of carbonyl (C=O) groups excluding carboxylic acids is 1. The number of hydrogen-bond acceptors (Lipinski definition) is 7. The van der Waals surface area contributed by atoms with E-state index in [0.29, 0.717) is 30.6 Å². The number of hydrogen-bond donors (Lipinski definition) is 0. The summed E-state index contributed by atoms with van der Waals surface area (Å²) in [6, 6.07) is 9.57. The molecule has 9 nitrogen and oxygen atoms in total. The molecule has 1 fully saturated rings. The Morgan fingerprint density at radius 1 is 1.17 bits per heavy atom. The quantitative estimate of drug-likeness (QED) is 0.368. The first-order valence-electron chi connectivity index (χ1n) is 9.19. The number of nitro groups is 1.